The quantitative estimate of drug-likeness (QED) is 0.447. The predicted molar refractivity (Wildman–Crippen MR) is 65.9 cm³/mol. The predicted octanol–water partition coefficient (Wildman–Crippen LogP) is 1.08. The van der Waals surface area contributed by atoms with Gasteiger partial charge in [0, 0.05) is 14.2 Å². The monoisotopic (exact) mass is 370 g/mol. The van der Waals surface area contributed by atoms with Crippen molar-refractivity contribution >= 4 is 37.8 Å². The van der Waals surface area contributed by atoms with Gasteiger partial charge in [-0.25, -0.2) is 0 Å². The fourth-order valence-corrected chi connectivity index (χ4v) is 4.68. The summed E-state index contributed by atoms with van der Waals surface area (Å²) in [6.45, 7) is 0. The normalized spacial score (nSPS) is 39.6. The Balaban J connectivity index is 2.49. The first-order valence-electron chi connectivity index (χ1n) is 4.94. The van der Waals surface area contributed by atoms with Crippen LogP contribution < -0.4 is 0 Å². The molecule has 2 rings (SSSR count). The Hall–Kier alpha value is 0.0500. The zero-order valence-electron chi connectivity index (χ0n) is 9.28. The molecule has 0 aromatic heterocycles. The standard InChI is InChI=1S/C10H12Br2O5/c1-15-10(16-2)5(11)3-9(14)4-6(13)17-8(9)7(10)12/h3,7-8,14H,4H2,1-2H3/t7-,8+,9-/m1/s1. The first kappa shape index (κ1) is 13.5. The van der Waals surface area contributed by atoms with Crippen LogP contribution in [0, 0.1) is 0 Å². The third-order valence-corrected chi connectivity index (χ3v) is 4.99. The summed E-state index contributed by atoms with van der Waals surface area (Å²) >= 11 is 6.70. The van der Waals surface area contributed by atoms with Crippen LogP contribution in [0.5, 0.6) is 0 Å². The van der Waals surface area contributed by atoms with E-state index in [9.17, 15) is 9.90 Å². The zero-order valence-corrected chi connectivity index (χ0v) is 12.4. The molecule has 17 heavy (non-hydrogen) atoms. The summed E-state index contributed by atoms with van der Waals surface area (Å²) in [7, 11) is 2.96. The maximum Gasteiger partial charge on any atom is 0.309 e. The van der Waals surface area contributed by atoms with Gasteiger partial charge in [-0.2, -0.15) is 0 Å². The van der Waals surface area contributed by atoms with E-state index in [1.807, 2.05) is 0 Å². The molecule has 0 aromatic rings. The highest BCUT2D eigenvalue weighted by atomic mass is 79.9. The number of fused-ring (bicyclic) bond motifs is 1. The molecule has 0 amide bonds. The fourth-order valence-electron chi connectivity index (χ4n) is 2.22. The van der Waals surface area contributed by atoms with Crippen LogP contribution in [0.25, 0.3) is 0 Å². The number of hydrogen-bond donors (Lipinski definition) is 1. The molecule has 7 heteroatoms. The average molecular weight is 372 g/mol. The molecule has 5 nitrogen and oxygen atoms in total. The molecular weight excluding hydrogens is 360 g/mol. The number of alkyl halides is 1. The molecule has 1 fully saturated rings. The van der Waals surface area contributed by atoms with E-state index in [0.717, 1.165) is 0 Å². The van der Waals surface area contributed by atoms with Gasteiger partial charge >= 0.3 is 5.97 Å². The second-order valence-corrected chi connectivity index (χ2v) is 5.89. The van der Waals surface area contributed by atoms with Gasteiger partial charge in [-0.05, 0) is 22.0 Å². The third-order valence-electron chi connectivity index (χ3n) is 3.12. The van der Waals surface area contributed by atoms with Crippen LogP contribution in [0.4, 0.5) is 0 Å². The van der Waals surface area contributed by atoms with Gasteiger partial charge < -0.3 is 19.3 Å². The van der Waals surface area contributed by atoms with Gasteiger partial charge in [-0.15, -0.1) is 0 Å². The molecule has 0 spiro atoms. The van der Waals surface area contributed by atoms with Crippen molar-refractivity contribution in [2.45, 2.75) is 28.7 Å². The maximum absolute atomic E-state index is 11.3. The number of aliphatic hydroxyl groups is 1. The topological polar surface area (TPSA) is 65.0 Å². The SMILES string of the molecule is COC1(OC)C(Br)=C[C@@]2(O)CC(=O)O[C@H]2[C@H]1Br. The van der Waals surface area contributed by atoms with Gasteiger partial charge in [0.1, 0.15) is 10.4 Å². The smallest absolute Gasteiger partial charge is 0.309 e. The maximum atomic E-state index is 11.3. The summed E-state index contributed by atoms with van der Waals surface area (Å²) in [5.41, 5.74) is -1.33. The first-order chi connectivity index (χ1) is 7.89. The summed E-state index contributed by atoms with van der Waals surface area (Å²) in [5, 5.41) is 10.4. The minimum Gasteiger partial charge on any atom is -0.457 e. The third kappa shape index (κ3) is 1.79. The Morgan fingerprint density at radius 1 is 1.53 bits per heavy atom. The lowest BCUT2D eigenvalue weighted by Gasteiger charge is -2.44. The number of hydrogen-bond acceptors (Lipinski definition) is 5. The lowest BCUT2D eigenvalue weighted by Crippen LogP contribution is -2.59. The molecule has 1 N–H and O–H groups in total. The molecule has 3 atom stereocenters. The Morgan fingerprint density at radius 3 is 2.65 bits per heavy atom. The Kier molecular flexibility index (Phi) is 3.42. The minimum absolute atomic E-state index is 0.0711. The van der Waals surface area contributed by atoms with Crippen LogP contribution in [0.15, 0.2) is 10.6 Å². The second-order valence-electron chi connectivity index (χ2n) is 4.05. The van der Waals surface area contributed by atoms with E-state index in [-0.39, 0.29) is 6.42 Å². The van der Waals surface area contributed by atoms with Gasteiger partial charge in [-0.3, -0.25) is 4.79 Å². The number of rotatable bonds is 2. The molecular formula is C10H12Br2O5. The number of esters is 1. The Labute approximate surface area is 115 Å². The molecule has 0 saturated carbocycles. The number of ether oxygens (including phenoxy) is 3. The van der Waals surface area contributed by atoms with Gasteiger partial charge in [0.05, 0.1) is 10.9 Å². The highest BCUT2D eigenvalue weighted by Gasteiger charge is 2.61. The molecule has 1 aliphatic carbocycles. The van der Waals surface area contributed by atoms with E-state index in [1.54, 1.807) is 0 Å². The lowest BCUT2D eigenvalue weighted by molar-refractivity contribution is -0.200. The van der Waals surface area contributed by atoms with E-state index in [2.05, 4.69) is 31.9 Å². The van der Waals surface area contributed by atoms with Crippen LogP contribution in [0.2, 0.25) is 0 Å². The number of methoxy groups -OCH3 is 2. The van der Waals surface area contributed by atoms with Crippen LogP contribution in [-0.4, -0.2) is 47.6 Å². The van der Waals surface area contributed by atoms with Crippen molar-refractivity contribution in [3.63, 3.8) is 0 Å². The molecule has 1 aliphatic heterocycles. The van der Waals surface area contributed by atoms with Crippen LogP contribution >= 0.6 is 31.9 Å². The largest absolute Gasteiger partial charge is 0.457 e. The van der Waals surface area contributed by atoms with Crippen molar-refractivity contribution < 1.29 is 24.1 Å². The van der Waals surface area contributed by atoms with Gasteiger partial charge in [-0.1, -0.05) is 15.9 Å². The van der Waals surface area contributed by atoms with Crippen molar-refractivity contribution in [1.29, 1.82) is 0 Å². The Morgan fingerprint density at radius 2 is 2.12 bits per heavy atom. The number of carbonyl (C=O) groups is 1. The first-order valence-corrected chi connectivity index (χ1v) is 6.65. The van der Waals surface area contributed by atoms with Gasteiger partial charge in [0.15, 0.2) is 6.10 Å². The van der Waals surface area contributed by atoms with E-state index >= 15 is 0 Å². The summed E-state index contributed by atoms with van der Waals surface area (Å²) < 4.78 is 16.4. The van der Waals surface area contributed by atoms with Crippen LogP contribution in [-0.2, 0) is 19.0 Å². The van der Waals surface area contributed by atoms with Crippen molar-refractivity contribution in [3.8, 4) is 0 Å². The summed E-state index contributed by atoms with van der Waals surface area (Å²) in [6.07, 6.45) is 0.697. The molecule has 96 valence electrons. The Bertz CT molecular complexity index is 379. The highest BCUT2D eigenvalue weighted by molar-refractivity contribution is 9.12. The summed E-state index contributed by atoms with van der Waals surface area (Å²) in [4.78, 5) is 10.8. The molecule has 2 aliphatic rings. The van der Waals surface area contributed by atoms with E-state index < -0.39 is 28.3 Å². The van der Waals surface area contributed by atoms with Crippen molar-refractivity contribution in [3.05, 3.63) is 10.6 Å². The molecule has 0 aromatic carbocycles. The molecule has 0 unspecified atom stereocenters. The highest BCUT2D eigenvalue weighted by Crippen LogP contribution is 2.48. The van der Waals surface area contributed by atoms with Crippen molar-refractivity contribution in [1.82, 2.24) is 0 Å². The van der Waals surface area contributed by atoms with Gasteiger partial charge in [0.25, 0.3) is 0 Å². The van der Waals surface area contributed by atoms with E-state index in [0.29, 0.717) is 4.48 Å². The van der Waals surface area contributed by atoms with Crippen molar-refractivity contribution in [2.24, 2.45) is 0 Å². The molecule has 1 saturated heterocycles. The molecule has 0 radical (unpaired) electrons. The summed E-state index contributed by atoms with van der Waals surface area (Å²) in [5.74, 6) is -1.55. The summed E-state index contributed by atoms with van der Waals surface area (Å²) in [6, 6.07) is 0. The van der Waals surface area contributed by atoms with E-state index in [1.165, 1.54) is 20.3 Å². The molecule has 1 heterocycles. The fraction of sp³-hybridized carbons (Fsp3) is 0.700. The lowest BCUT2D eigenvalue weighted by atomic mass is 9.84. The van der Waals surface area contributed by atoms with Crippen molar-refractivity contribution in [2.75, 3.05) is 14.2 Å². The van der Waals surface area contributed by atoms with E-state index in [4.69, 9.17) is 14.2 Å². The number of carbonyl (C=O) groups excluding carboxylic acids is 1. The minimum atomic E-state index is -1.33. The average Bonchev–Trinajstić information content (AvgIpc) is 2.55. The van der Waals surface area contributed by atoms with Gasteiger partial charge in [0.2, 0.25) is 5.79 Å². The number of halogens is 2. The van der Waals surface area contributed by atoms with Crippen LogP contribution in [0.3, 0.4) is 0 Å². The second kappa shape index (κ2) is 4.31. The zero-order chi connectivity index (χ0) is 12.8. The molecule has 0 bridgehead atoms. The van der Waals surface area contributed by atoms with Crippen LogP contribution in [0.1, 0.15) is 6.42 Å².